The lowest BCUT2D eigenvalue weighted by molar-refractivity contribution is -0.130. The van der Waals surface area contributed by atoms with Crippen molar-refractivity contribution < 1.29 is 14.6 Å². The van der Waals surface area contributed by atoms with E-state index in [0.29, 0.717) is 13.0 Å². The van der Waals surface area contributed by atoms with E-state index in [1.54, 1.807) is 6.92 Å². The minimum Gasteiger partial charge on any atom is -0.395 e. The van der Waals surface area contributed by atoms with Crippen LogP contribution in [0, 0.1) is 11.8 Å². The van der Waals surface area contributed by atoms with Gasteiger partial charge in [-0.2, -0.15) is 0 Å². The molecule has 1 unspecified atom stereocenters. The summed E-state index contributed by atoms with van der Waals surface area (Å²) < 4.78 is 4.92. The molecular formula is C13H17NO3S. The predicted molar refractivity (Wildman–Crippen MR) is 71.2 cm³/mol. The molecule has 98 valence electrons. The molecule has 1 amide bonds. The Morgan fingerprint density at radius 2 is 2.39 bits per heavy atom. The third-order valence-corrected chi connectivity index (χ3v) is 3.27. The third-order valence-electron chi connectivity index (χ3n) is 2.27. The average molecular weight is 267 g/mol. The summed E-state index contributed by atoms with van der Waals surface area (Å²) in [7, 11) is 1.50. The van der Waals surface area contributed by atoms with Gasteiger partial charge in [-0.05, 0) is 19.1 Å². The summed E-state index contributed by atoms with van der Waals surface area (Å²) >= 11 is 1.53. The first-order valence-electron chi connectivity index (χ1n) is 5.66. The molecule has 0 bridgehead atoms. The lowest BCUT2D eigenvalue weighted by atomic mass is 10.3. The zero-order chi connectivity index (χ0) is 13.4. The van der Waals surface area contributed by atoms with Gasteiger partial charge >= 0.3 is 0 Å². The molecule has 0 aliphatic carbocycles. The zero-order valence-corrected chi connectivity index (χ0v) is 11.3. The van der Waals surface area contributed by atoms with Gasteiger partial charge in [0.2, 0.25) is 5.91 Å². The first-order valence-corrected chi connectivity index (χ1v) is 6.48. The molecule has 0 fully saturated rings. The maximum absolute atomic E-state index is 11.5. The normalized spacial score (nSPS) is 11.5. The second kappa shape index (κ2) is 7.88. The fourth-order valence-electron chi connectivity index (χ4n) is 1.17. The van der Waals surface area contributed by atoms with Gasteiger partial charge in [0.25, 0.3) is 0 Å². The van der Waals surface area contributed by atoms with Crippen molar-refractivity contribution in [3.05, 3.63) is 21.9 Å². The van der Waals surface area contributed by atoms with Gasteiger partial charge in [-0.25, -0.2) is 0 Å². The van der Waals surface area contributed by atoms with Gasteiger partial charge in [-0.3, -0.25) is 4.79 Å². The average Bonchev–Trinajstić information content (AvgIpc) is 2.83. The SMILES string of the molecule is COC(C)C(=O)NCc1ccc(C#CCCO)s1. The van der Waals surface area contributed by atoms with Crippen molar-refractivity contribution in [2.24, 2.45) is 0 Å². The summed E-state index contributed by atoms with van der Waals surface area (Å²) in [4.78, 5) is 13.5. The summed E-state index contributed by atoms with van der Waals surface area (Å²) in [5.41, 5.74) is 0. The van der Waals surface area contributed by atoms with E-state index in [1.165, 1.54) is 18.4 Å². The second-order valence-corrected chi connectivity index (χ2v) is 4.81. The van der Waals surface area contributed by atoms with Crippen LogP contribution in [0.4, 0.5) is 0 Å². The van der Waals surface area contributed by atoms with Gasteiger partial charge in [0.1, 0.15) is 6.10 Å². The van der Waals surface area contributed by atoms with Crippen LogP contribution >= 0.6 is 11.3 Å². The molecule has 0 saturated carbocycles. The number of aliphatic hydroxyl groups is 1. The van der Waals surface area contributed by atoms with Crippen LogP contribution in [0.5, 0.6) is 0 Å². The van der Waals surface area contributed by atoms with Gasteiger partial charge in [-0.1, -0.05) is 11.8 Å². The second-order valence-electron chi connectivity index (χ2n) is 3.64. The first-order chi connectivity index (χ1) is 8.67. The zero-order valence-electron chi connectivity index (χ0n) is 10.5. The van der Waals surface area contributed by atoms with E-state index in [9.17, 15) is 4.79 Å². The van der Waals surface area contributed by atoms with E-state index >= 15 is 0 Å². The Balaban J connectivity index is 2.45. The highest BCUT2D eigenvalue weighted by molar-refractivity contribution is 7.12. The van der Waals surface area contributed by atoms with E-state index in [1.807, 2.05) is 12.1 Å². The number of amides is 1. The van der Waals surface area contributed by atoms with E-state index in [-0.39, 0.29) is 12.5 Å². The molecule has 0 aliphatic rings. The summed E-state index contributed by atoms with van der Waals surface area (Å²) in [6.07, 6.45) is 0.0452. The maximum atomic E-state index is 11.5. The van der Waals surface area contributed by atoms with Crippen molar-refractivity contribution >= 4 is 17.2 Å². The minimum atomic E-state index is -0.436. The minimum absolute atomic E-state index is 0.0796. The molecule has 4 nitrogen and oxygen atoms in total. The standard InChI is InChI=1S/C13H17NO3S/c1-10(17-2)13(16)14-9-12-7-6-11(18-12)5-3-4-8-15/h6-7,10,15H,4,8-9H2,1-2H3,(H,14,16). The molecule has 0 spiro atoms. The summed E-state index contributed by atoms with van der Waals surface area (Å²) in [6.45, 7) is 2.27. The van der Waals surface area contributed by atoms with Crippen molar-refractivity contribution in [3.63, 3.8) is 0 Å². The molecular weight excluding hydrogens is 250 g/mol. The Morgan fingerprint density at radius 1 is 1.61 bits per heavy atom. The van der Waals surface area contributed by atoms with Crippen LogP contribution in [0.2, 0.25) is 0 Å². The molecule has 1 aromatic rings. The molecule has 2 N–H and O–H groups in total. The van der Waals surface area contributed by atoms with Crippen LogP contribution in [0.15, 0.2) is 12.1 Å². The Bertz CT molecular complexity index is 445. The number of nitrogens with one attached hydrogen (secondary N) is 1. The Hall–Kier alpha value is -1.35. The van der Waals surface area contributed by atoms with E-state index in [4.69, 9.17) is 9.84 Å². The molecule has 0 aromatic carbocycles. The molecule has 1 aromatic heterocycles. The summed E-state index contributed by atoms with van der Waals surface area (Å²) in [5.74, 6) is 5.69. The topological polar surface area (TPSA) is 58.6 Å². The Morgan fingerprint density at radius 3 is 3.06 bits per heavy atom. The largest absolute Gasteiger partial charge is 0.395 e. The van der Waals surface area contributed by atoms with Crippen LogP contribution in [0.25, 0.3) is 0 Å². The number of methoxy groups -OCH3 is 1. The van der Waals surface area contributed by atoms with Gasteiger partial charge in [0, 0.05) is 18.4 Å². The van der Waals surface area contributed by atoms with Crippen LogP contribution in [0.3, 0.4) is 0 Å². The van der Waals surface area contributed by atoms with E-state index in [2.05, 4.69) is 17.2 Å². The Kier molecular flexibility index (Phi) is 6.44. The van der Waals surface area contributed by atoms with Gasteiger partial charge in [0.15, 0.2) is 0 Å². The lowest BCUT2D eigenvalue weighted by Crippen LogP contribution is -2.33. The number of ether oxygens (including phenoxy) is 1. The number of hydrogen-bond donors (Lipinski definition) is 2. The fourth-order valence-corrected chi connectivity index (χ4v) is 1.99. The van der Waals surface area contributed by atoms with Crippen LogP contribution in [-0.4, -0.2) is 30.8 Å². The summed E-state index contributed by atoms with van der Waals surface area (Å²) in [5, 5.41) is 11.4. The predicted octanol–water partition coefficient (Wildman–Crippen LogP) is 1.13. The van der Waals surface area contributed by atoms with Crippen molar-refractivity contribution in [1.29, 1.82) is 0 Å². The monoisotopic (exact) mass is 267 g/mol. The number of aliphatic hydroxyl groups excluding tert-OH is 1. The van der Waals surface area contributed by atoms with Crippen LogP contribution in [-0.2, 0) is 16.1 Å². The maximum Gasteiger partial charge on any atom is 0.249 e. The number of carbonyl (C=O) groups excluding carboxylic acids is 1. The van der Waals surface area contributed by atoms with Crippen molar-refractivity contribution in [2.45, 2.75) is 26.0 Å². The molecule has 18 heavy (non-hydrogen) atoms. The molecule has 1 rings (SSSR count). The number of hydrogen-bond acceptors (Lipinski definition) is 4. The first kappa shape index (κ1) is 14.7. The number of carbonyl (C=O) groups is 1. The summed E-state index contributed by atoms with van der Waals surface area (Å²) in [6, 6.07) is 3.85. The van der Waals surface area contributed by atoms with Crippen molar-refractivity contribution in [2.75, 3.05) is 13.7 Å². The third kappa shape index (κ3) is 4.88. The van der Waals surface area contributed by atoms with Gasteiger partial charge in [0.05, 0.1) is 18.0 Å². The van der Waals surface area contributed by atoms with Crippen molar-refractivity contribution in [1.82, 2.24) is 5.32 Å². The number of thiophene rings is 1. The smallest absolute Gasteiger partial charge is 0.249 e. The number of rotatable bonds is 5. The van der Waals surface area contributed by atoms with Crippen molar-refractivity contribution in [3.8, 4) is 11.8 Å². The molecule has 1 heterocycles. The van der Waals surface area contributed by atoms with Crippen LogP contribution in [0.1, 0.15) is 23.1 Å². The molecule has 1 atom stereocenters. The van der Waals surface area contributed by atoms with E-state index in [0.717, 1.165) is 9.75 Å². The highest BCUT2D eigenvalue weighted by atomic mass is 32.1. The molecule has 0 aliphatic heterocycles. The quantitative estimate of drug-likeness (QED) is 0.786. The molecule has 0 radical (unpaired) electrons. The molecule has 0 saturated heterocycles. The Labute approximate surface area is 111 Å². The fraction of sp³-hybridized carbons (Fsp3) is 0.462. The lowest BCUT2D eigenvalue weighted by Gasteiger charge is -2.08. The van der Waals surface area contributed by atoms with Crippen LogP contribution < -0.4 is 5.32 Å². The highest BCUT2D eigenvalue weighted by Crippen LogP contribution is 2.15. The molecule has 5 heteroatoms. The highest BCUT2D eigenvalue weighted by Gasteiger charge is 2.10. The van der Waals surface area contributed by atoms with Gasteiger partial charge < -0.3 is 15.2 Å². The van der Waals surface area contributed by atoms with Gasteiger partial charge in [-0.15, -0.1) is 11.3 Å². The van der Waals surface area contributed by atoms with E-state index < -0.39 is 6.10 Å².